The Balaban J connectivity index is 0.00000280. The summed E-state index contributed by atoms with van der Waals surface area (Å²) in [6.45, 7) is 6.03. The zero-order valence-corrected chi connectivity index (χ0v) is 17.5. The fraction of sp³-hybridized carbons (Fsp3) is 0.600. The van der Waals surface area contributed by atoms with Gasteiger partial charge in [0, 0.05) is 12.6 Å². The molecule has 1 aromatic heterocycles. The van der Waals surface area contributed by atoms with Gasteiger partial charge in [-0.2, -0.15) is 15.0 Å². The van der Waals surface area contributed by atoms with Crippen molar-refractivity contribution in [1.29, 1.82) is 0 Å². The average molecular weight is 411 g/mol. The number of benzene rings is 1. The molecule has 1 atom stereocenters. The van der Waals surface area contributed by atoms with Crippen LogP contribution < -0.4 is 14.8 Å². The molecule has 0 spiro atoms. The molecular weight excluding hydrogens is 380 g/mol. The van der Waals surface area contributed by atoms with Gasteiger partial charge in [-0.3, -0.25) is 0 Å². The van der Waals surface area contributed by atoms with Crippen LogP contribution in [0, 0.1) is 0 Å². The molecule has 0 radical (unpaired) electrons. The number of rotatable bonds is 10. The summed E-state index contributed by atoms with van der Waals surface area (Å²) in [5.74, 6) is 1.49. The van der Waals surface area contributed by atoms with Crippen LogP contribution in [0.4, 0.5) is 0 Å². The number of halogens is 1. The van der Waals surface area contributed by atoms with Crippen molar-refractivity contribution in [3.05, 3.63) is 35.7 Å². The predicted molar refractivity (Wildman–Crippen MR) is 110 cm³/mol. The minimum Gasteiger partial charge on any atom is -0.492 e. The van der Waals surface area contributed by atoms with E-state index in [9.17, 15) is 5.11 Å². The molecule has 1 unspecified atom stereocenters. The quantitative estimate of drug-likeness (QED) is 0.626. The first-order valence-corrected chi connectivity index (χ1v) is 9.80. The SMILES string of the molecule is CC(C)NCC(O)COc1ccc(OCCn2nc3c(n2)CCCC3)cc1.Cl. The topological polar surface area (TPSA) is 81.4 Å². The van der Waals surface area contributed by atoms with E-state index in [0.29, 0.717) is 31.5 Å². The molecule has 0 saturated heterocycles. The maximum Gasteiger partial charge on any atom is 0.119 e. The summed E-state index contributed by atoms with van der Waals surface area (Å²) in [7, 11) is 0. The molecule has 1 aromatic carbocycles. The largest absolute Gasteiger partial charge is 0.492 e. The third-order valence-corrected chi connectivity index (χ3v) is 4.47. The number of fused-ring (bicyclic) bond motifs is 1. The first kappa shape index (κ1) is 22.5. The lowest BCUT2D eigenvalue weighted by atomic mass is 10.0. The van der Waals surface area contributed by atoms with Gasteiger partial charge >= 0.3 is 0 Å². The van der Waals surface area contributed by atoms with E-state index < -0.39 is 6.10 Å². The Morgan fingerprint density at radius 1 is 1.04 bits per heavy atom. The van der Waals surface area contributed by atoms with E-state index in [1.807, 2.05) is 38.1 Å². The molecule has 28 heavy (non-hydrogen) atoms. The molecule has 2 aromatic rings. The molecular formula is C20H31ClN4O3. The number of nitrogens with one attached hydrogen (secondary N) is 1. The van der Waals surface area contributed by atoms with E-state index in [2.05, 4.69) is 15.5 Å². The van der Waals surface area contributed by atoms with E-state index >= 15 is 0 Å². The summed E-state index contributed by atoms with van der Waals surface area (Å²) in [4.78, 5) is 1.75. The number of aliphatic hydroxyl groups excluding tert-OH is 1. The molecule has 156 valence electrons. The standard InChI is InChI=1S/C20H30N4O3.ClH/c1-15(2)21-13-16(25)14-27-18-9-7-17(8-10-18)26-12-11-24-22-19-5-3-4-6-20(19)23-24;/h7-10,15-16,21,25H,3-6,11-14H2,1-2H3;1H. The molecule has 0 saturated carbocycles. The Bertz CT molecular complexity index is 682. The summed E-state index contributed by atoms with van der Waals surface area (Å²) in [6, 6.07) is 7.79. The van der Waals surface area contributed by atoms with Crippen LogP contribution in [0.2, 0.25) is 0 Å². The van der Waals surface area contributed by atoms with Crippen LogP contribution in [0.3, 0.4) is 0 Å². The van der Waals surface area contributed by atoms with Gasteiger partial charge in [0.2, 0.25) is 0 Å². The van der Waals surface area contributed by atoms with Gasteiger partial charge in [-0.25, -0.2) is 0 Å². The Hall–Kier alpha value is -1.83. The first-order chi connectivity index (χ1) is 13.1. The normalized spacial score (nSPS) is 14.3. The van der Waals surface area contributed by atoms with Gasteiger partial charge in [0.05, 0.1) is 17.9 Å². The Kier molecular flexibility index (Phi) is 9.02. The zero-order valence-electron chi connectivity index (χ0n) is 16.6. The zero-order chi connectivity index (χ0) is 19.1. The highest BCUT2D eigenvalue weighted by Crippen LogP contribution is 2.19. The molecule has 1 aliphatic rings. The predicted octanol–water partition coefficient (Wildman–Crippen LogP) is 2.40. The number of aliphatic hydroxyl groups is 1. The second-order valence-electron chi connectivity index (χ2n) is 7.24. The number of hydrogen-bond acceptors (Lipinski definition) is 6. The van der Waals surface area contributed by atoms with E-state index in [0.717, 1.165) is 30.0 Å². The Morgan fingerprint density at radius 3 is 2.18 bits per heavy atom. The van der Waals surface area contributed by atoms with Crippen molar-refractivity contribution in [1.82, 2.24) is 20.3 Å². The lowest BCUT2D eigenvalue weighted by molar-refractivity contribution is 0.104. The second-order valence-corrected chi connectivity index (χ2v) is 7.24. The van der Waals surface area contributed by atoms with Crippen LogP contribution >= 0.6 is 12.4 Å². The third kappa shape index (κ3) is 6.96. The Morgan fingerprint density at radius 2 is 1.61 bits per heavy atom. The minimum atomic E-state index is -0.532. The van der Waals surface area contributed by atoms with Crippen LogP contribution in [0.25, 0.3) is 0 Å². The fourth-order valence-corrected chi connectivity index (χ4v) is 2.99. The van der Waals surface area contributed by atoms with Crippen LogP contribution in [0.1, 0.15) is 38.1 Å². The molecule has 0 fully saturated rings. The number of aryl methyl sites for hydroxylation is 2. The van der Waals surface area contributed by atoms with Gasteiger partial charge in [-0.05, 0) is 49.9 Å². The van der Waals surface area contributed by atoms with Gasteiger partial charge in [-0.15, -0.1) is 12.4 Å². The summed E-state index contributed by atoms with van der Waals surface area (Å²) in [5, 5.41) is 22.1. The minimum absolute atomic E-state index is 0. The van der Waals surface area contributed by atoms with Crippen molar-refractivity contribution in [3.8, 4) is 11.5 Å². The number of nitrogens with zero attached hydrogens (tertiary/aromatic N) is 3. The number of aromatic nitrogens is 3. The van der Waals surface area contributed by atoms with Crippen molar-refractivity contribution >= 4 is 12.4 Å². The third-order valence-electron chi connectivity index (χ3n) is 4.47. The number of hydrogen-bond donors (Lipinski definition) is 2. The molecule has 2 N–H and O–H groups in total. The lowest BCUT2D eigenvalue weighted by Gasteiger charge is -2.15. The van der Waals surface area contributed by atoms with E-state index in [-0.39, 0.29) is 19.0 Å². The Labute approximate surface area is 172 Å². The van der Waals surface area contributed by atoms with Crippen molar-refractivity contribution in [3.63, 3.8) is 0 Å². The molecule has 7 nitrogen and oxygen atoms in total. The van der Waals surface area contributed by atoms with Gasteiger partial charge in [0.15, 0.2) is 0 Å². The lowest BCUT2D eigenvalue weighted by Crippen LogP contribution is -2.35. The van der Waals surface area contributed by atoms with Gasteiger partial charge in [0.25, 0.3) is 0 Å². The van der Waals surface area contributed by atoms with Crippen LogP contribution in [0.15, 0.2) is 24.3 Å². The van der Waals surface area contributed by atoms with Gasteiger partial charge < -0.3 is 19.9 Å². The van der Waals surface area contributed by atoms with Gasteiger partial charge in [-0.1, -0.05) is 13.8 Å². The highest BCUT2D eigenvalue weighted by atomic mass is 35.5. The summed E-state index contributed by atoms with van der Waals surface area (Å²) in [6.07, 6.45) is 3.97. The van der Waals surface area contributed by atoms with Crippen LogP contribution in [-0.2, 0) is 19.4 Å². The number of ether oxygens (including phenoxy) is 2. The van der Waals surface area contributed by atoms with Crippen molar-refractivity contribution < 1.29 is 14.6 Å². The monoisotopic (exact) mass is 410 g/mol. The molecule has 8 heteroatoms. The van der Waals surface area contributed by atoms with Crippen LogP contribution in [0.5, 0.6) is 11.5 Å². The van der Waals surface area contributed by atoms with E-state index in [1.165, 1.54) is 12.8 Å². The molecule has 0 amide bonds. The molecule has 0 bridgehead atoms. The molecule has 0 aliphatic heterocycles. The maximum atomic E-state index is 9.87. The van der Waals surface area contributed by atoms with E-state index in [4.69, 9.17) is 9.47 Å². The molecule has 3 rings (SSSR count). The maximum absolute atomic E-state index is 9.87. The summed E-state index contributed by atoms with van der Waals surface area (Å²) in [5.41, 5.74) is 2.29. The summed E-state index contributed by atoms with van der Waals surface area (Å²) >= 11 is 0. The highest BCUT2D eigenvalue weighted by molar-refractivity contribution is 5.85. The van der Waals surface area contributed by atoms with Crippen molar-refractivity contribution in [2.75, 3.05) is 19.8 Å². The van der Waals surface area contributed by atoms with Crippen LogP contribution in [-0.4, -0.2) is 52.0 Å². The smallest absolute Gasteiger partial charge is 0.119 e. The molecule has 1 heterocycles. The fourth-order valence-electron chi connectivity index (χ4n) is 2.99. The summed E-state index contributed by atoms with van der Waals surface area (Å²) < 4.78 is 11.4. The first-order valence-electron chi connectivity index (χ1n) is 9.80. The van der Waals surface area contributed by atoms with Gasteiger partial charge in [0.1, 0.15) is 30.8 Å². The highest BCUT2D eigenvalue weighted by Gasteiger charge is 2.15. The second kappa shape index (κ2) is 11.2. The van der Waals surface area contributed by atoms with Crippen molar-refractivity contribution in [2.45, 2.75) is 58.2 Å². The average Bonchev–Trinajstić information content (AvgIpc) is 3.08. The molecule has 1 aliphatic carbocycles. The van der Waals surface area contributed by atoms with Crippen molar-refractivity contribution in [2.24, 2.45) is 0 Å². The van der Waals surface area contributed by atoms with E-state index in [1.54, 1.807) is 4.80 Å².